The van der Waals surface area contributed by atoms with Crippen molar-refractivity contribution in [1.82, 2.24) is 19.7 Å². The Morgan fingerprint density at radius 3 is 2.61 bits per heavy atom. The molecular formula is C28H23F2N5O. The molecule has 1 aromatic heterocycles. The summed E-state index contributed by atoms with van der Waals surface area (Å²) in [5.74, 6) is -1.27. The molecule has 8 heteroatoms. The second-order valence-electron chi connectivity index (χ2n) is 8.36. The van der Waals surface area contributed by atoms with Crippen LogP contribution in [0.3, 0.4) is 0 Å². The summed E-state index contributed by atoms with van der Waals surface area (Å²) in [5.41, 5.74) is 3.59. The monoisotopic (exact) mass is 483 g/mol. The van der Waals surface area contributed by atoms with E-state index in [1.807, 2.05) is 43.3 Å². The molecule has 0 saturated heterocycles. The zero-order valence-corrected chi connectivity index (χ0v) is 19.6. The average molecular weight is 484 g/mol. The Hall–Kier alpha value is -4.64. The number of aryl methyl sites for hydroxylation is 1. The molecule has 0 unspecified atom stereocenters. The van der Waals surface area contributed by atoms with Crippen LogP contribution >= 0.6 is 0 Å². The quantitative estimate of drug-likeness (QED) is 0.330. The van der Waals surface area contributed by atoms with Crippen molar-refractivity contribution >= 4 is 12.0 Å². The molecule has 0 atom stereocenters. The van der Waals surface area contributed by atoms with E-state index in [4.69, 9.17) is 5.26 Å². The third-order valence-electron chi connectivity index (χ3n) is 5.61. The topological polar surface area (TPSA) is 74.8 Å². The van der Waals surface area contributed by atoms with Gasteiger partial charge in [0.1, 0.15) is 18.0 Å². The average Bonchev–Trinajstić information content (AvgIpc) is 3.30. The molecule has 4 rings (SSSR count). The van der Waals surface area contributed by atoms with Crippen LogP contribution in [-0.4, -0.2) is 25.6 Å². The van der Waals surface area contributed by atoms with Crippen molar-refractivity contribution in [1.29, 1.82) is 5.26 Å². The Bertz CT molecular complexity index is 1440. The van der Waals surface area contributed by atoms with Gasteiger partial charge < -0.3 is 9.47 Å². The number of carbonyl (C=O) groups excluding carboxylic acids is 1. The van der Waals surface area contributed by atoms with E-state index >= 15 is 0 Å². The number of benzene rings is 3. The fourth-order valence-electron chi connectivity index (χ4n) is 3.70. The zero-order chi connectivity index (χ0) is 25.5. The van der Waals surface area contributed by atoms with E-state index < -0.39 is 11.6 Å². The van der Waals surface area contributed by atoms with Crippen molar-refractivity contribution in [2.45, 2.75) is 26.6 Å². The van der Waals surface area contributed by atoms with E-state index in [-0.39, 0.29) is 24.6 Å². The van der Waals surface area contributed by atoms with Gasteiger partial charge in [-0.05, 0) is 42.3 Å². The third-order valence-corrected chi connectivity index (χ3v) is 5.61. The van der Waals surface area contributed by atoms with Gasteiger partial charge in [0.2, 0.25) is 5.91 Å². The van der Waals surface area contributed by atoms with Crippen molar-refractivity contribution in [2.24, 2.45) is 0 Å². The van der Waals surface area contributed by atoms with E-state index in [2.05, 4.69) is 16.3 Å². The Morgan fingerprint density at radius 1 is 1.08 bits per heavy atom. The van der Waals surface area contributed by atoms with Crippen LogP contribution in [0, 0.1) is 29.9 Å². The van der Waals surface area contributed by atoms with Gasteiger partial charge in [0.05, 0.1) is 24.7 Å². The first-order chi connectivity index (χ1) is 17.4. The van der Waals surface area contributed by atoms with Gasteiger partial charge in [-0.15, -0.1) is 10.2 Å². The highest BCUT2D eigenvalue weighted by Gasteiger charge is 2.18. The predicted octanol–water partition coefficient (Wildman–Crippen LogP) is 5.03. The van der Waals surface area contributed by atoms with Gasteiger partial charge in [-0.2, -0.15) is 5.26 Å². The highest BCUT2D eigenvalue weighted by Crippen LogP contribution is 2.16. The summed E-state index contributed by atoms with van der Waals surface area (Å²) in [6.07, 6.45) is 4.68. The van der Waals surface area contributed by atoms with Crippen LogP contribution in [0.15, 0.2) is 79.1 Å². The van der Waals surface area contributed by atoms with Crippen molar-refractivity contribution in [3.05, 3.63) is 124 Å². The lowest BCUT2D eigenvalue weighted by Crippen LogP contribution is -2.30. The molecule has 0 N–H and O–H groups in total. The first-order valence-electron chi connectivity index (χ1n) is 11.2. The van der Waals surface area contributed by atoms with E-state index in [0.717, 1.165) is 28.8 Å². The van der Waals surface area contributed by atoms with Gasteiger partial charge >= 0.3 is 0 Å². The standard InChI is InChI=1S/C28H23F2N5O/c1-20-3-2-4-21(13-20)9-12-28(36)34(17-24-10-11-25(29)14-26(24)30)18-27-33-32-19-35(27)16-23-7-5-22(15-31)6-8-23/h2-14,19H,16-18H2,1H3/b12-9+. The van der Waals surface area contributed by atoms with Gasteiger partial charge in [-0.3, -0.25) is 4.79 Å². The van der Waals surface area contributed by atoms with Crippen molar-refractivity contribution in [3.63, 3.8) is 0 Å². The number of nitriles is 1. The largest absolute Gasteiger partial charge is 0.327 e. The Morgan fingerprint density at radius 2 is 1.89 bits per heavy atom. The molecule has 4 aromatic rings. The van der Waals surface area contributed by atoms with Gasteiger partial charge in [-0.25, -0.2) is 8.78 Å². The second kappa shape index (κ2) is 11.2. The summed E-state index contributed by atoms with van der Waals surface area (Å²) in [4.78, 5) is 14.6. The van der Waals surface area contributed by atoms with Crippen LogP contribution in [-0.2, 0) is 24.4 Å². The Labute approximate surface area is 207 Å². The molecule has 1 amide bonds. The van der Waals surface area contributed by atoms with Crippen LogP contribution in [0.4, 0.5) is 8.78 Å². The molecule has 0 aliphatic carbocycles. The molecule has 0 fully saturated rings. The van der Waals surface area contributed by atoms with E-state index in [1.54, 1.807) is 29.1 Å². The molecule has 0 radical (unpaired) electrons. The highest BCUT2D eigenvalue weighted by atomic mass is 19.1. The summed E-state index contributed by atoms with van der Waals surface area (Å²) >= 11 is 0. The molecule has 0 spiro atoms. The number of halogens is 2. The summed E-state index contributed by atoms with van der Waals surface area (Å²) in [6, 6.07) is 20.2. The SMILES string of the molecule is Cc1cccc(/C=C/C(=O)N(Cc2ccc(F)cc2F)Cc2nncn2Cc2ccc(C#N)cc2)c1. The molecular weight excluding hydrogens is 460 g/mol. The number of hydrogen-bond acceptors (Lipinski definition) is 4. The van der Waals surface area contributed by atoms with Crippen LogP contribution in [0.2, 0.25) is 0 Å². The van der Waals surface area contributed by atoms with Crippen LogP contribution in [0.25, 0.3) is 6.08 Å². The maximum atomic E-state index is 14.4. The molecule has 3 aromatic carbocycles. The third kappa shape index (κ3) is 6.27. The zero-order valence-electron chi connectivity index (χ0n) is 19.6. The molecule has 0 aliphatic heterocycles. The maximum absolute atomic E-state index is 14.4. The van der Waals surface area contributed by atoms with Gasteiger partial charge in [0.25, 0.3) is 0 Å². The molecule has 180 valence electrons. The van der Waals surface area contributed by atoms with Gasteiger partial charge in [0.15, 0.2) is 5.82 Å². The molecule has 1 heterocycles. The molecule has 0 bridgehead atoms. The van der Waals surface area contributed by atoms with E-state index in [1.165, 1.54) is 17.0 Å². The minimum Gasteiger partial charge on any atom is -0.327 e. The summed E-state index contributed by atoms with van der Waals surface area (Å²) in [5, 5.41) is 17.2. The van der Waals surface area contributed by atoms with Crippen LogP contribution in [0.5, 0.6) is 0 Å². The lowest BCUT2D eigenvalue weighted by atomic mass is 10.1. The van der Waals surface area contributed by atoms with Crippen molar-refractivity contribution in [3.8, 4) is 6.07 Å². The van der Waals surface area contributed by atoms with Crippen LogP contribution in [0.1, 0.15) is 33.6 Å². The minimum absolute atomic E-state index is 0.0596. The van der Waals surface area contributed by atoms with Crippen molar-refractivity contribution in [2.75, 3.05) is 0 Å². The second-order valence-corrected chi connectivity index (χ2v) is 8.36. The van der Waals surface area contributed by atoms with Crippen LogP contribution < -0.4 is 0 Å². The number of nitrogens with zero attached hydrogens (tertiary/aromatic N) is 5. The summed E-state index contributed by atoms with van der Waals surface area (Å²) in [6.45, 7) is 2.38. The number of carbonyl (C=O) groups is 1. The normalized spacial score (nSPS) is 10.9. The number of amides is 1. The smallest absolute Gasteiger partial charge is 0.247 e. The molecule has 0 aliphatic rings. The fourth-order valence-corrected chi connectivity index (χ4v) is 3.70. The van der Waals surface area contributed by atoms with Gasteiger partial charge in [0, 0.05) is 24.3 Å². The maximum Gasteiger partial charge on any atom is 0.247 e. The first-order valence-corrected chi connectivity index (χ1v) is 11.2. The molecule has 36 heavy (non-hydrogen) atoms. The molecule has 6 nitrogen and oxygen atoms in total. The number of hydrogen-bond donors (Lipinski definition) is 0. The lowest BCUT2D eigenvalue weighted by molar-refractivity contribution is -0.127. The summed E-state index contributed by atoms with van der Waals surface area (Å²) < 4.78 is 29.6. The fraction of sp³-hybridized carbons (Fsp3) is 0.143. The van der Waals surface area contributed by atoms with E-state index in [9.17, 15) is 13.6 Å². The first kappa shape index (κ1) is 24.5. The van der Waals surface area contributed by atoms with Gasteiger partial charge in [-0.1, -0.05) is 48.0 Å². The number of aromatic nitrogens is 3. The summed E-state index contributed by atoms with van der Waals surface area (Å²) in [7, 11) is 0. The Balaban J connectivity index is 1.58. The van der Waals surface area contributed by atoms with Crippen molar-refractivity contribution < 1.29 is 13.6 Å². The van der Waals surface area contributed by atoms with E-state index in [0.29, 0.717) is 17.9 Å². The minimum atomic E-state index is -0.727. The highest BCUT2D eigenvalue weighted by molar-refractivity contribution is 5.91. The molecule has 0 saturated carbocycles. The predicted molar refractivity (Wildman–Crippen MR) is 131 cm³/mol. The number of rotatable bonds is 8. The Kier molecular flexibility index (Phi) is 7.61. The lowest BCUT2D eigenvalue weighted by Gasteiger charge is -2.22.